The molecule has 0 radical (unpaired) electrons. The summed E-state index contributed by atoms with van der Waals surface area (Å²) in [6.45, 7) is 1.89. The third kappa shape index (κ3) is 2.10. The van der Waals surface area contributed by atoms with Gasteiger partial charge < -0.3 is 15.3 Å². The lowest BCUT2D eigenvalue weighted by Gasteiger charge is -2.10. The van der Waals surface area contributed by atoms with E-state index in [9.17, 15) is 5.11 Å². The van der Waals surface area contributed by atoms with Crippen molar-refractivity contribution in [2.75, 3.05) is 5.73 Å². The van der Waals surface area contributed by atoms with Crippen LogP contribution in [0.4, 0.5) is 5.82 Å². The molecule has 3 N–H and O–H groups in total. The van der Waals surface area contributed by atoms with Crippen LogP contribution in [0, 0.1) is 6.92 Å². The summed E-state index contributed by atoms with van der Waals surface area (Å²) < 4.78 is 5.85. The van der Waals surface area contributed by atoms with Crippen LogP contribution in [0.2, 0.25) is 0 Å². The van der Waals surface area contributed by atoms with Crippen LogP contribution >= 0.6 is 15.9 Å². The fourth-order valence-electron chi connectivity index (χ4n) is 1.45. The fraction of sp³-hybridized carbons (Fsp3) is 0.182. The number of anilines is 1. The van der Waals surface area contributed by atoms with Gasteiger partial charge in [-0.05, 0) is 46.6 Å². The fourth-order valence-corrected chi connectivity index (χ4v) is 1.77. The van der Waals surface area contributed by atoms with Gasteiger partial charge in [0.05, 0.1) is 0 Å². The highest BCUT2D eigenvalue weighted by molar-refractivity contribution is 9.10. The van der Waals surface area contributed by atoms with E-state index in [1.165, 1.54) is 0 Å². The molecule has 16 heavy (non-hydrogen) atoms. The van der Waals surface area contributed by atoms with Crippen molar-refractivity contribution in [3.05, 3.63) is 46.0 Å². The molecule has 0 aliphatic carbocycles. The summed E-state index contributed by atoms with van der Waals surface area (Å²) in [4.78, 5) is 4.00. The van der Waals surface area contributed by atoms with Crippen LogP contribution in [-0.2, 0) is 0 Å². The first-order valence-corrected chi connectivity index (χ1v) is 5.52. The number of aromatic nitrogens is 1. The molecule has 0 aliphatic rings. The molecule has 1 unspecified atom stereocenters. The minimum Gasteiger partial charge on any atom is -0.451 e. The predicted octanol–water partition coefficient (Wildman–Crippen LogP) is 2.41. The van der Waals surface area contributed by atoms with E-state index in [1.807, 2.05) is 6.92 Å². The van der Waals surface area contributed by atoms with E-state index >= 15 is 0 Å². The summed E-state index contributed by atoms with van der Waals surface area (Å²) in [6.07, 6.45) is 0.766. The molecule has 84 valence electrons. The molecule has 0 aromatic carbocycles. The van der Waals surface area contributed by atoms with Crippen molar-refractivity contribution in [1.29, 1.82) is 0 Å². The lowest BCUT2D eigenvalue weighted by molar-refractivity contribution is 0.188. The molecule has 0 amide bonds. The van der Waals surface area contributed by atoms with Gasteiger partial charge in [0.15, 0.2) is 4.67 Å². The number of nitrogen functional groups attached to an aromatic ring is 1. The number of halogens is 1. The van der Waals surface area contributed by atoms with Crippen molar-refractivity contribution in [1.82, 2.24) is 4.98 Å². The van der Waals surface area contributed by atoms with Crippen LogP contribution in [-0.4, -0.2) is 10.1 Å². The summed E-state index contributed by atoms with van der Waals surface area (Å²) in [5.74, 6) is 0.747. The first-order valence-electron chi connectivity index (χ1n) is 4.73. The smallest absolute Gasteiger partial charge is 0.169 e. The Morgan fingerprint density at radius 1 is 1.50 bits per heavy atom. The maximum Gasteiger partial charge on any atom is 0.169 e. The van der Waals surface area contributed by atoms with Gasteiger partial charge in [0.25, 0.3) is 0 Å². The Morgan fingerprint density at radius 3 is 2.88 bits per heavy atom. The molecule has 2 aromatic heterocycles. The molecule has 0 aliphatic heterocycles. The summed E-state index contributed by atoms with van der Waals surface area (Å²) in [5, 5.41) is 10.1. The zero-order valence-corrected chi connectivity index (χ0v) is 10.2. The molecule has 2 rings (SSSR count). The highest BCUT2D eigenvalue weighted by Crippen LogP contribution is 2.28. The van der Waals surface area contributed by atoms with Crippen molar-refractivity contribution in [3.8, 4) is 0 Å². The molecule has 0 fully saturated rings. The molecule has 0 spiro atoms. The molecule has 2 aromatic rings. The van der Waals surface area contributed by atoms with Gasteiger partial charge in [0, 0.05) is 11.8 Å². The van der Waals surface area contributed by atoms with Crippen molar-refractivity contribution in [3.63, 3.8) is 0 Å². The predicted molar refractivity (Wildman–Crippen MR) is 63.9 cm³/mol. The quantitative estimate of drug-likeness (QED) is 0.887. The number of aliphatic hydroxyl groups is 1. The van der Waals surface area contributed by atoms with E-state index in [2.05, 4.69) is 20.9 Å². The largest absolute Gasteiger partial charge is 0.451 e. The van der Waals surface area contributed by atoms with Crippen LogP contribution in [0.15, 0.2) is 33.5 Å². The van der Waals surface area contributed by atoms with Crippen LogP contribution in [0.25, 0.3) is 0 Å². The number of furan rings is 1. The SMILES string of the molecule is Cc1cnc(N)c(C(O)c2ccc(Br)o2)c1. The highest BCUT2D eigenvalue weighted by Gasteiger charge is 2.17. The van der Waals surface area contributed by atoms with E-state index in [1.54, 1.807) is 24.4 Å². The number of nitrogens with zero attached hydrogens (tertiary/aromatic N) is 1. The second kappa shape index (κ2) is 4.27. The average Bonchev–Trinajstić information content (AvgIpc) is 2.67. The van der Waals surface area contributed by atoms with Gasteiger partial charge in [-0.3, -0.25) is 0 Å². The summed E-state index contributed by atoms with van der Waals surface area (Å²) >= 11 is 3.18. The Morgan fingerprint density at radius 2 is 2.25 bits per heavy atom. The molecule has 1 atom stereocenters. The number of nitrogens with two attached hydrogens (primary N) is 1. The molecule has 0 saturated heterocycles. The van der Waals surface area contributed by atoms with Crippen molar-refractivity contribution in [2.45, 2.75) is 13.0 Å². The van der Waals surface area contributed by atoms with Crippen LogP contribution in [0.1, 0.15) is 23.0 Å². The van der Waals surface area contributed by atoms with E-state index in [0.717, 1.165) is 5.56 Å². The average molecular weight is 283 g/mol. The topological polar surface area (TPSA) is 72.3 Å². The van der Waals surface area contributed by atoms with Gasteiger partial charge in [-0.2, -0.15) is 0 Å². The summed E-state index contributed by atoms with van der Waals surface area (Å²) in [5.41, 5.74) is 7.21. The number of rotatable bonds is 2. The normalized spacial score (nSPS) is 12.7. The monoisotopic (exact) mass is 282 g/mol. The van der Waals surface area contributed by atoms with Crippen LogP contribution in [0.5, 0.6) is 0 Å². The van der Waals surface area contributed by atoms with Crippen molar-refractivity contribution >= 4 is 21.7 Å². The lowest BCUT2D eigenvalue weighted by Crippen LogP contribution is -2.05. The van der Waals surface area contributed by atoms with Crippen molar-refractivity contribution in [2.24, 2.45) is 0 Å². The van der Waals surface area contributed by atoms with Crippen LogP contribution in [0.3, 0.4) is 0 Å². The standard InChI is InChI=1S/C11H11BrN2O2/c1-6-4-7(11(13)14-5-6)10(15)8-2-3-9(12)16-8/h2-5,10,15H,1H3,(H2,13,14). The van der Waals surface area contributed by atoms with Gasteiger partial charge in [-0.15, -0.1) is 0 Å². The van der Waals surface area contributed by atoms with Crippen molar-refractivity contribution < 1.29 is 9.52 Å². The number of pyridine rings is 1. The molecule has 2 heterocycles. The van der Waals surface area contributed by atoms with Gasteiger partial charge in [-0.25, -0.2) is 4.98 Å². The minimum absolute atomic E-state index is 0.311. The second-order valence-electron chi connectivity index (χ2n) is 3.53. The van der Waals surface area contributed by atoms with E-state index in [-0.39, 0.29) is 0 Å². The molecule has 0 bridgehead atoms. The number of hydrogen-bond acceptors (Lipinski definition) is 4. The zero-order chi connectivity index (χ0) is 11.7. The Kier molecular flexibility index (Phi) is 2.98. The Labute approximate surface area is 101 Å². The lowest BCUT2D eigenvalue weighted by atomic mass is 10.1. The third-order valence-corrected chi connectivity index (χ3v) is 2.67. The molecular weight excluding hydrogens is 272 g/mol. The van der Waals surface area contributed by atoms with Gasteiger partial charge >= 0.3 is 0 Å². The summed E-state index contributed by atoms with van der Waals surface area (Å²) in [7, 11) is 0. The van der Waals surface area contributed by atoms with E-state index in [0.29, 0.717) is 21.8 Å². The molecule has 4 nitrogen and oxygen atoms in total. The number of aliphatic hydroxyl groups excluding tert-OH is 1. The second-order valence-corrected chi connectivity index (χ2v) is 4.31. The van der Waals surface area contributed by atoms with Crippen LogP contribution < -0.4 is 5.73 Å². The van der Waals surface area contributed by atoms with Gasteiger partial charge in [0.2, 0.25) is 0 Å². The van der Waals surface area contributed by atoms with Gasteiger partial charge in [0.1, 0.15) is 17.7 Å². The maximum atomic E-state index is 10.1. The minimum atomic E-state index is -0.890. The number of aryl methyl sites for hydroxylation is 1. The first kappa shape index (κ1) is 11.2. The molecule has 5 heteroatoms. The Hall–Kier alpha value is -1.33. The Balaban J connectivity index is 2.40. The first-order chi connectivity index (χ1) is 7.58. The molecular formula is C11H11BrN2O2. The van der Waals surface area contributed by atoms with Gasteiger partial charge in [-0.1, -0.05) is 0 Å². The zero-order valence-electron chi connectivity index (χ0n) is 8.64. The summed E-state index contributed by atoms with van der Waals surface area (Å²) in [6, 6.07) is 5.21. The highest BCUT2D eigenvalue weighted by atomic mass is 79.9. The third-order valence-electron chi connectivity index (χ3n) is 2.24. The number of hydrogen-bond donors (Lipinski definition) is 2. The maximum absolute atomic E-state index is 10.1. The van der Waals surface area contributed by atoms with E-state index < -0.39 is 6.10 Å². The Bertz CT molecular complexity index is 510. The van der Waals surface area contributed by atoms with E-state index in [4.69, 9.17) is 10.2 Å². The molecule has 0 saturated carbocycles.